The fraction of sp³-hybridized carbons (Fsp3) is 0.857. The third-order valence-corrected chi connectivity index (χ3v) is 2.47. The van der Waals surface area contributed by atoms with E-state index in [-0.39, 0.29) is 5.92 Å². The molecule has 7 heteroatoms. The molecule has 0 N–H and O–H groups in total. The lowest BCUT2D eigenvalue weighted by atomic mass is 10.2. The van der Waals surface area contributed by atoms with Crippen LogP contribution in [0.5, 0.6) is 0 Å². The van der Waals surface area contributed by atoms with E-state index in [0.29, 0.717) is 25.3 Å². The zero-order valence-electron chi connectivity index (χ0n) is 7.25. The molecule has 1 aliphatic rings. The minimum atomic E-state index is -4.92. The number of hydroxylamine groups is 2. The van der Waals surface area contributed by atoms with Crippen molar-refractivity contribution in [1.82, 2.24) is 5.06 Å². The predicted molar refractivity (Wildman–Crippen MR) is 45.7 cm³/mol. The van der Waals surface area contributed by atoms with Gasteiger partial charge in [-0.05, 0) is 18.1 Å². The minimum Gasteiger partial charge on any atom is -0.361 e. The Hall–Kier alpha value is -0.430. The monoisotopic (exact) mass is 229 g/mol. The summed E-state index contributed by atoms with van der Waals surface area (Å²) in [6.07, 6.45) is -4.21. The van der Waals surface area contributed by atoms with Crippen LogP contribution in [0.2, 0.25) is 0 Å². The Morgan fingerprint density at radius 3 is 2.64 bits per heavy atom. The largest absolute Gasteiger partial charge is 0.492 e. The molecule has 1 heterocycles. The highest BCUT2D eigenvalue weighted by atomic mass is 32.1. The number of carbonyl (C=O) groups is 1. The first kappa shape index (κ1) is 11.6. The van der Waals surface area contributed by atoms with Crippen LogP contribution in [0.1, 0.15) is 6.42 Å². The molecule has 0 aromatic rings. The van der Waals surface area contributed by atoms with E-state index in [0.717, 1.165) is 5.06 Å². The second-order valence-corrected chi connectivity index (χ2v) is 3.47. The van der Waals surface area contributed by atoms with Crippen LogP contribution in [-0.4, -0.2) is 36.1 Å². The van der Waals surface area contributed by atoms with E-state index in [1.807, 2.05) is 0 Å². The lowest BCUT2D eigenvalue weighted by molar-refractivity contribution is -0.235. The van der Waals surface area contributed by atoms with E-state index in [9.17, 15) is 18.0 Å². The predicted octanol–water partition coefficient (Wildman–Crippen LogP) is 1.26. The lowest BCUT2D eigenvalue weighted by Gasteiger charge is -2.15. The highest BCUT2D eigenvalue weighted by molar-refractivity contribution is 7.80. The van der Waals surface area contributed by atoms with Gasteiger partial charge in [-0.15, -0.1) is 5.06 Å². The summed E-state index contributed by atoms with van der Waals surface area (Å²) in [5.74, 6) is -1.38. The van der Waals surface area contributed by atoms with E-state index in [1.165, 1.54) is 0 Å². The third kappa shape index (κ3) is 3.06. The molecule has 0 radical (unpaired) electrons. The van der Waals surface area contributed by atoms with E-state index < -0.39 is 12.1 Å². The van der Waals surface area contributed by atoms with Gasteiger partial charge in [0.2, 0.25) is 0 Å². The van der Waals surface area contributed by atoms with Crippen LogP contribution in [0.3, 0.4) is 0 Å². The van der Waals surface area contributed by atoms with Crippen LogP contribution in [0, 0.1) is 5.92 Å². The number of thiol groups is 1. The Morgan fingerprint density at radius 2 is 2.21 bits per heavy atom. The first-order valence-corrected chi connectivity index (χ1v) is 4.71. The molecule has 1 unspecified atom stereocenters. The number of halogens is 3. The van der Waals surface area contributed by atoms with E-state index >= 15 is 0 Å². The van der Waals surface area contributed by atoms with Crippen molar-refractivity contribution in [2.45, 2.75) is 12.6 Å². The zero-order valence-corrected chi connectivity index (χ0v) is 8.15. The van der Waals surface area contributed by atoms with E-state index in [2.05, 4.69) is 17.5 Å². The fourth-order valence-electron chi connectivity index (χ4n) is 1.20. The maximum absolute atomic E-state index is 11.8. The molecule has 1 saturated heterocycles. The molecule has 0 spiro atoms. The Bertz CT molecular complexity index is 221. The number of hydrogen-bond donors (Lipinski definition) is 1. The molecule has 82 valence electrons. The smallest absolute Gasteiger partial charge is 0.361 e. The summed E-state index contributed by atoms with van der Waals surface area (Å²) in [7, 11) is 0. The lowest BCUT2D eigenvalue weighted by Crippen LogP contribution is -2.33. The van der Waals surface area contributed by atoms with Gasteiger partial charge in [-0.2, -0.15) is 25.8 Å². The van der Waals surface area contributed by atoms with Crippen molar-refractivity contribution in [3.8, 4) is 0 Å². The normalized spacial score (nSPS) is 23.9. The summed E-state index contributed by atoms with van der Waals surface area (Å²) in [4.78, 5) is 14.6. The van der Waals surface area contributed by atoms with Crippen LogP contribution < -0.4 is 0 Å². The van der Waals surface area contributed by atoms with Crippen molar-refractivity contribution in [2.75, 3.05) is 18.8 Å². The van der Waals surface area contributed by atoms with Gasteiger partial charge in [0.05, 0.1) is 0 Å². The molecule has 0 aromatic heterocycles. The average molecular weight is 229 g/mol. The van der Waals surface area contributed by atoms with Gasteiger partial charge in [0, 0.05) is 13.1 Å². The van der Waals surface area contributed by atoms with Crippen LogP contribution in [0.25, 0.3) is 0 Å². The number of alkyl halides is 3. The molecule has 1 atom stereocenters. The molecule has 1 aliphatic heterocycles. The van der Waals surface area contributed by atoms with Crippen molar-refractivity contribution in [3.63, 3.8) is 0 Å². The van der Waals surface area contributed by atoms with Gasteiger partial charge in [0.25, 0.3) is 0 Å². The fourth-order valence-corrected chi connectivity index (χ4v) is 1.50. The molecule has 0 aliphatic carbocycles. The molecule has 14 heavy (non-hydrogen) atoms. The van der Waals surface area contributed by atoms with Crippen molar-refractivity contribution in [1.29, 1.82) is 0 Å². The Kier molecular flexibility index (Phi) is 3.65. The Labute approximate surface area is 84.6 Å². The quantitative estimate of drug-likeness (QED) is 0.723. The van der Waals surface area contributed by atoms with Crippen LogP contribution in [0.4, 0.5) is 13.2 Å². The van der Waals surface area contributed by atoms with Crippen LogP contribution in [0.15, 0.2) is 0 Å². The third-order valence-electron chi connectivity index (χ3n) is 1.95. The van der Waals surface area contributed by atoms with Gasteiger partial charge in [-0.3, -0.25) is 0 Å². The summed E-state index contributed by atoms with van der Waals surface area (Å²) >= 11 is 4.01. The topological polar surface area (TPSA) is 29.5 Å². The first-order valence-electron chi connectivity index (χ1n) is 4.08. The summed E-state index contributed by atoms with van der Waals surface area (Å²) in [6.45, 7) is 0.665. The molecular weight excluding hydrogens is 219 g/mol. The number of hydrogen-bond acceptors (Lipinski definition) is 4. The molecular formula is C7H10F3NO2S. The maximum Gasteiger partial charge on any atom is 0.492 e. The van der Waals surface area contributed by atoms with Crippen LogP contribution in [-0.2, 0) is 9.63 Å². The van der Waals surface area contributed by atoms with Gasteiger partial charge >= 0.3 is 12.1 Å². The second-order valence-electron chi connectivity index (χ2n) is 3.10. The van der Waals surface area contributed by atoms with Gasteiger partial charge in [-0.1, -0.05) is 0 Å². The molecule has 3 nitrogen and oxygen atoms in total. The molecule has 0 saturated carbocycles. The first-order chi connectivity index (χ1) is 6.43. The van der Waals surface area contributed by atoms with Gasteiger partial charge in [0.15, 0.2) is 0 Å². The average Bonchev–Trinajstić information content (AvgIpc) is 2.50. The van der Waals surface area contributed by atoms with E-state index in [4.69, 9.17) is 0 Å². The standard InChI is InChI=1S/C7H10F3NO2S/c8-7(9,10)6(12)13-11-2-1-5(3-11)4-14/h5,14H,1-4H2. The Balaban J connectivity index is 2.36. The summed E-state index contributed by atoms with van der Waals surface area (Å²) < 4.78 is 35.3. The summed E-state index contributed by atoms with van der Waals surface area (Å²) in [5, 5.41) is 1.04. The van der Waals surface area contributed by atoms with Crippen molar-refractivity contribution in [3.05, 3.63) is 0 Å². The Morgan fingerprint density at radius 1 is 1.57 bits per heavy atom. The number of nitrogens with zero attached hydrogens (tertiary/aromatic N) is 1. The SMILES string of the molecule is O=C(ON1CCC(CS)C1)C(F)(F)F. The molecule has 0 bridgehead atoms. The maximum atomic E-state index is 11.8. The van der Waals surface area contributed by atoms with E-state index in [1.54, 1.807) is 0 Å². The summed E-state index contributed by atoms with van der Waals surface area (Å²) in [6, 6.07) is 0. The van der Waals surface area contributed by atoms with Gasteiger partial charge in [-0.25, -0.2) is 4.79 Å². The molecule has 0 aromatic carbocycles. The zero-order chi connectivity index (χ0) is 10.8. The highest BCUT2D eigenvalue weighted by Crippen LogP contribution is 2.21. The van der Waals surface area contributed by atoms with Crippen molar-refractivity contribution < 1.29 is 22.8 Å². The number of rotatable bonds is 2. The second kappa shape index (κ2) is 4.39. The van der Waals surface area contributed by atoms with Crippen LogP contribution >= 0.6 is 12.6 Å². The molecule has 1 rings (SSSR count). The van der Waals surface area contributed by atoms with Crippen molar-refractivity contribution >= 4 is 18.6 Å². The van der Waals surface area contributed by atoms with Gasteiger partial charge < -0.3 is 4.84 Å². The molecule has 1 fully saturated rings. The highest BCUT2D eigenvalue weighted by Gasteiger charge is 2.43. The summed E-state index contributed by atoms with van der Waals surface area (Å²) in [5.41, 5.74) is 0. The van der Waals surface area contributed by atoms with Gasteiger partial charge in [0.1, 0.15) is 0 Å². The van der Waals surface area contributed by atoms with Crippen molar-refractivity contribution in [2.24, 2.45) is 5.92 Å². The minimum absolute atomic E-state index is 0.194. The molecule has 0 amide bonds. The number of carbonyl (C=O) groups excluding carboxylic acids is 1.